The number of nitrogens with zero attached hydrogens (tertiary/aromatic N) is 4. The zero-order valence-electron chi connectivity index (χ0n) is 26.7. The Hall–Kier alpha value is -5.46. The first kappa shape index (κ1) is 38.3. The molecular weight excluding hydrogens is 692 g/mol. The number of carboxylic acids is 2. The number of rotatable bonds is 6. The quantitative estimate of drug-likeness (QED) is 0.183. The largest absolute Gasteiger partial charge is 0.490 e. The number of fused-ring (bicyclic) bond motifs is 1. The van der Waals surface area contributed by atoms with E-state index in [9.17, 15) is 35.9 Å². The van der Waals surface area contributed by atoms with Gasteiger partial charge in [0.25, 0.3) is 5.56 Å². The number of nitrogens with one attached hydrogen (secondary N) is 3. The van der Waals surface area contributed by atoms with Gasteiger partial charge in [-0.15, -0.1) is 0 Å². The maximum Gasteiger partial charge on any atom is 0.490 e. The summed E-state index contributed by atoms with van der Waals surface area (Å²) in [6.45, 7) is 3.95. The molecule has 0 saturated carbocycles. The van der Waals surface area contributed by atoms with Crippen molar-refractivity contribution in [1.82, 2.24) is 30.2 Å². The summed E-state index contributed by atoms with van der Waals surface area (Å²) in [7, 11) is 0. The van der Waals surface area contributed by atoms with E-state index in [1.807, 2.05) is 42.5 Å². The number of alkyl halides is 6. The molecule has 6 rings (SSSR count). The van der Waals surface area contributed by atoms with Crippen molar-refractivity contribution in [2.24, 2.45) is 5.41 Å². The molecule has 51 heavy (non-hydrogen) atoms. The number of amides is 1. The molecule has 0 atom stereocenters. The fraction of sp³-hybridized carbons (Fsp3) is 0.375. The van der Waals surface area contributed by atoms with E-state index >= 15 is 0 Å². The van der Waals surface area contributed by atoms with Crippen LogP contribution < -0.4 is 21.1 Å². The lowest BCUT2D eigenvalue weighted by Gasteiger charge is -2.33. The summed E-state index contributed by atoms with van der Waals surface area (Å²) in [5.41, 5.74) is 3.36. The Morgan fingerprint density at radius 3 is 2.14 bits per heavy atom. The molecule has 1 spiro atoms. The predicted molar refractivity (Wildman–Crippen MR) is 171 cm³/mol. The van der Waals surface area contributed by atoms with Crippen LogP contribution in [0.4, 0.5) is 32.2 Å². The summed E-state index contributed by atoms with van der Waals surface area (Å²) in [4.78, 5) is 58.9. The van der Waals surface area contributed by atoms with E-state index in [4.69, 9.17) is 19.8 Å². The van der Waals surface area contributed by atoms with Gasteiger partial charge in [-0.1, -0.05) is 30.3 Å². The number of pyridine rings is 1. The Labute approximate surface area is 285 Å². The standard InChI is InChI=1S/C28H31N7O2.2C2HF3O2/c36-25(31-16-22-14-21-15-30-10-6-23(21)33-22)18-35-24(20-4-2-1-3-5-20)17-32-26(27(35)37)34-13-9-28(19-34)7-11-29-12-8-28;2*3-2(4,5)1(6)7/h1-6,10,14-15,17,29,33H,7-9,11-13,16,18-19H2,(H,31,36);2*(H,6,7). The minimum atomic E-state index is -5.08. The molecule has 2 aliphatic heterocycles. The van der Waals surface area contributed by atoms with Gasteiger partial charge in [0.2, 0.25) is 5.91 Å². The van der Waals surface area contributed by atoms with E-state index in [0.717, 1.165) is 67.6 Å². The second-order valence-corrected chi connectivity index (χ2v) is 11.8. The fourth-order valence-electron chi connectivity index (χ4n) is 5.69. The van der Waals surface area contributed by atoms with E-state index in [1.54, 1.807) is 23.2 Å². The minimum absolute atomic E-state index is 0.0801. The van der Waals surface area contributed by atoms with Gasteiger partial charge in [-0.3, -0.25) is 19.1 Å². The molecule has 0 bridgehead atoms. The van der Waals surface area contributed by atoms with Crippen LogP contribution in [-0.2, 0) is 27.5 Å². The first-order chi connectivity index (χ1) is 24.0. The van der Waals surface area contributed by atoms with Crippen molar-refractivity contribution in [3.05, 3.63) is 77.1 Å². The minimum Gasteiger partial charge on any atom is -0.475 e. The van der Waals surface area contributed by atoms with E-state index in [2.05, 4.69) is 30.5 Å². The summed E-state index contributed by atoms with van der Waals surface area (Å²) in [5, 5.41) is 21.6. The highest BCUT2D eigenvalue weighted by atomic mass is 19.4. The molecule has 2 saturated heterocycles. The summed E-state index contributed by atoms with van der Waals surface area (Å²) in [6, 6.07) is 13.5. The SMILES string of the molecule is O=C(Cn1c(-c2ccccc2)cnc(N2CCC3(CCNCC3)C2)c1=O)NCc1cc2cnccc2[nH]1.O=C(O)C(F)(F)F.O=C(O)C(F)(F)F. The smallest absolute Gasteiger partial charge is 0.475 e. The van der Waals surface area contributed by atoms with Crippen molar-refractivity contribution in [2.45, 2.75) is 44.7 Å². The van der Waals surface area contributed by atoms with Crippen LogP contribution in [-0.4, -0.2) is 86.1 Å². The maximum atomic E-state index is 13.8. The van der Waals surface area contributed by atoms with E-state index in [-0.39, 0.29) is 23.4 Å². The van der Waals surface area contributed by atoms with Crippen LogP contribution in [0, 0.1) is 5.41 Å². The molecule has 19 heteroatoms. The molecule has 13 nitrogen and oxygen atoms in total. The lowest BCUT2D eigenvalue weighted by atomic mass is 9.78. The lowest BCUT2D eigenvalue weighted by Crippen LogP contribution is -2.40. The molecule has 5 N–H and O–H groups in total. The third-order valence-electron chi connectivity index (χ3n) is 8.25. The molecule has 1 amide bonds. The highest BCUT2D eigenvalue weighted by Crippen LogP contribution is 2.39. The maximum absolute atomic E-state index is 13.8. The lowest BCUT2D eigenvalue weighted by molar-refractivity contribution is -0.193. The van der Waals surface area contributed by atoms with E-state index in [0.29, 0.717) is 18.1 Å². The molecular formula is C32H33F6N7O6. The number of piperidine rings is 1. The Kier molecular flexibility index (Phi) is 12.1. The van der Waals surface area contributed by atoms with Gasteiger partial charge in [0, 0.05) is 42.1 Å². The molecule has 4 aromatic rings. The van der Waals surface area contributed by atoms with Crippen molar-refractivity contribution < 1.29 is 50.9 Å². The molecule has 274 valence electrons. The monoisotopic (exact) mass is 725 g/mol. The van der Waals surface area contributed by atoms with Crippen LogP contribution in [0.3, 0.4) is 0 Å². The van der Waals surface area contributed by atoms with Crippen LogP contribution >= 0.6 is 0 Å². The summed E-state index contributed by atoms with van der Waals surface area (Å²) >= 11 is 0. The Balaban J connectivity index is 0.000000353. The van der Waals surface area contributed by atoms with Gasteiger partial charge in [0.15, 0.2) is 5.82 Å². The molecule has 5 heterocycles. The molecule has 2 aliphatic rings. The fourth-order valence-corrected chi connectivity index (χ4v) is 5.69. The second-order valence-electron chi connectivity index (χ2n) is 11.8. The van der Waals surface area contributed by atoms with Crippen molar-refractivity contribution >= 4 is 34.6 Å². The third kappa shape index (κ3) is 10.3. The first-order valence-electron chi connectivity index (χ1n) is 15.4. The van der Waals surface area contributed by atoms with Gasteiger partial charge >= 0.3 is 24.3 Å². The van der Waals surface area contributed by atoms with Crippen LogP contribution in [0.15, 0.2) is 65.8 Å². The number of hydrogen-bond donors (Lipinski definition) is 5. The first-order valence-corrected chi connectivity index (χ1v) is 15.4. The summed E-state index contributed by atoms with van der Waals surface area (Å²) in [6.07, 6.45) is -1.62. The Morgan fingerprint density at radius 1 is 0.922 bits per heavy atom. The number of halogens is 6. The van der Waals surface area contributed by atoms with Crippen molar-refractivity contribution in [3.63, 3.8) is 0 Å². The third-order valence-corrected chi connectivity index (χ3v) is 8.25. The number of aromatic amines is 1. The number of hydrogen-bond acceptors (Lipinski definition) is 8. The summed E-state index contributed by atoms with van der Waals surface area (Å²) in [5.74, 6) is -5.31. The van der Waals surface area contributed by atoms with Gasteiger partial charge in [-0.2, -0.15) is 26.3 Å². The van der Waals surface area contributed by atoms with Crippen molar-refractivity contribution in [3.8, 4) is 11.3 Å². The van der Waals surface area contributed by atoms with Gasteiger partial charge in [0.05, 0.1) is 18.4 Å². The van der Waals surface area contributed by atoms with Gasteiger partial charge in [-0.05, 0) is 55.5 Å². The molecule has 1 aromatic carbocycles. The summed E-state index contributed by atoms with van der Waals surface area (Å²) < 4.78 is 65.0. The number of carbonyl (C=O) groups is 3. The van der Waals surface area contributed by atoms with Crippen molar-refractivity contribution in [1.29, 1.82) is 0 Å². The number of carboxylic acid groups (broad SMARTS) is 2. The number of carbonyl (C=O) groups excluding carboxylic acids is 1. The topological polar surface area (TPSA) is 183 Å². The highest BCUT2D eigenvalue weighted by molar-refractivity contribution is 5.80. The normalized spacial score (nSPS) is 15.4. The van der Waals surface area contributed by atoms with Crippen molar-refractivity contribution in [2.75, 3.05) is 31.1 Å². The number of benzene rings is 1. The van der Waals surface area contributed by atoms with Crippen LogP contribution in [0.1, 0.15) is 25.0 Å². The molecule has 0 aliphatic carbocycles. The average Bonchev–Trinajstić information content (AvgIpc) is 3.69. The number of anilines is 1. The Morgan fingerprint density at radius 2 is 1.55 bits per heavy atom. The van der Waals surface area contributed by atoms with Crippen LogP contribution in [0.25, 0.3) is 22.2 Å². The van der Waals surface area contributed by atoms with Crippen LogP contribution in [0.2, 0.25) is 0 Å². The van der Waals surface area contributed by atoms with Crippen LogP contribution in [0.5, 0.6) is 0 Å². The van der Waals surface area contributed by atoms with Gasteiger partial charge in [0.1, 0.15) is 6.54 Å². The number of H-pyrrole nitrogens is 1. The van der Waals surface area contributed by atoms with Gasteiger partial charge < -0.3 is 30.7 Å². The molecule has 3 aromatic heterocycles. The van der Waals surface area contributed by atoms with E-state index in [1.165, 1.54) is 0 Å². The van der Waals surface area contributed by atoms with E-state index < -0.39 is 24.3 Å². The zero-order chi connectivity index (χ0) is 37.4. The highest BCUT2D eigenvalue weighted by Gasteiger charge is 2.41. The number of aromatic nitrogens is 4. The molecule has 0 radical (unpaired) electrons. The average molecular weight is 726 g/mol. The van der Waals surface area contributed by atoms with Gasteiger partial charge in [-0.25, -0.2) is 14.6 Å². The molecule has 0 unspecified atom stereocenters. The zero-order valence-corrected chi connectivity index (χ0v) is 26.7. The number of aliphatic carboxylic acids is 2. The molecule has 2 fully saturated rings. The second kappa shape index (κ2) is 16.0. The Bertz CT molecular complexity index is 1830. The predicted octanol–water partition coefficient (Wildman–Crippen LogP) is 3.95.